The van der Waals surface area contributed by atoms with Crippen molar-refractivity contribution in [2.75, 3.05) is 0 Å². The zero-order valence-corrected chi connectivity index (χ0v) is 7.38. The lowest BCUT2D eigenvalue weighted by Gasteiger charge is -1.93. The van der Waals surface area contributed by atoms with E-state index in [1.807, 2.05) is 0 Å². The first-order chi connectivity index (χ1) is 5.17. The van der Waals surface area contributed by atoms with Crippen molar-refractivity contribution in [1.29, 1.82) is 0 Å². The van der Waals surface area contributed by atoms with Gasteiger partial charge in [-0.1, -0.05) is 18.2 Å². The van der Waals surface area contributed by atoms with Crippen molar-refractivity contribution in [3.05, 3.63) is 30.3 Å². The van der Waals surface area contributed by atoms with Crippen LogP contribution in [0.5, 0.6) is 0 Å². The fourth-order valence-corrected chi connectivity index (χ4v) is 1.57. The van der Waals surface area contributed by atoms with Gasteiger partial charge in [0, 0.05) is 9.03 Å². The van der Waals surface area contributed by atoms with Crippen molar-refractivity contribution in [1.82, 2.24) is 0 Å². The standard InChI is InChI=1S/C6H6NO2PS/c8-11(9,7-10)6-4-2-1-3-5-6/h1-5,10H. The Labute approximate surface area is 67.4 Å². The molecule has 1 aromatic rings. The number of sulfonamides is 1. The Bertz CT molecular complexity index is 346. The van der Waals surface area contributed by atoms with E-state index in [0.29, 0.717) is 0 Å². The molecule has 1 aromatic carbocycles. The summed E-state index contributed by atoms with van der Waals surface area (Å²) in [5, 5.41) is 0. The average molecular weight is 187 g/mol. The highest BCUT2D eigenvalue weighted by molar-refractivity contribution is 7.91. The van der Waals surface area contributed by atoms with Crippen LogP contribution in [0.2, 0.25) is 0 Å². The predicted molar refractivity (Wildman–Crippen MR) is 44.4 cm³/mol. The Morgan fingerprint density at radius 2 is 1.73 bits per heavy atom. The summed E-state index contributed by atoms with van der Waals surface area (Å²) in [7, 11) is -0.868. The molecule has 0 spiro atoms. The maximum absolute atomic E-state index is 11.0. The average Bonchev–Trinajstić information content (AvgIpc) is 2.06. The Morgan fingerprint density at radius 1 is 1.18 bits per heavy atom. The van der Waals surface area contributed by atoms with Crippen LogP contribution in [-0.4, -0.2) is 8.42 Å². The molecule has 0 fully saturated rings. The third-order valence-corrected chi connectivity index (χ3v) is 2.99. The van der Waals surface area contributed by atoms with Crippen molar-refractivity contribution in [2.24, 2.45) is 4.15 Å². The van der Waals surface area contributed by atoms with Crippen LogP contribution in [0, 0.1) is 0 Å². The molecule has 0 amide bonds. The highest BCUT2D eigenvalue weighted by Crippen LogP contribution is 2.11. The van der Waals surface area contributed by atoms with Crippen LogP contribution in [0.15, 0.2) is 39.4 Å². The summed E-state index contributed by atoms with van der Waals surface area (Å²) in [5.74, 6) is 0. The first-order valence-corrected chi connectivity index (χ1v) is 4.74. The van der Waals surface area contributed by atoms with Crippen LogP contribution in [0.3, 0.4) is 0 Å². The zero-order valence-electron chi connectivity index (χ0n) is 5.56. The topological polar surface area (TPSA) is 46.5 Å². The van der Waals surface area contributed by atoms with Crippen LogP contribution in [0.25, 0.3) is 0 Å². The molecule has 0 heterocycles. The van der Waals surface area contributed by atoms with Crippen LogP contribution in [-0.2, 0) is 10.0 Å². The molecule has 58 valence electrons. The fourth-order valence-electron chi connectivity index (χ4n) is 0.645. The maximum Gasteiger partial charge on any atom is 0.285 e. The third kappa shape index (κ3) is 1.85. The molecule has 0 radical (unpaired) electrons. The van der Waals surface area contributed by atoms with Crippen molar-refractivity contribution in [3.63, 3.8) is 0 Å². The van der Waals surface area contributed by atoms with Crippen LogP contribution >= 0.6 is 9.03 Å². The molecule has 0 aliphatic rings. The Balaban J connectivity index is 3.24. The number of hydrogen-bond donors (Lipinski definition) is 0. The minimum absolute atomic E-state index is 0.190. The molecule has 0 atom stereocenters. The van der Waals surface area contributed by atoms with Gasteiger partial charge in [0.15, 0.2) is 0 Å². The largest absolute Gasteiger partial charge is 0.285 e. The molecule has 0 N–H and O–H groups in total. The van der Waals surface area contributed by atoms with E-state index in [-0.39, 0.29) is 4.90 Å². The van der Waals surface area contributed by atoms with Gasteiger partial charge in [0.25, 0.3) is 10.0 Å². The van der Waals surface area contributed by atoms with E-state index in [2.05, 4.69) is 13.2 Å². The molecular weight excluding hydrogens is 181 g/mol. The minimum atomic E-state index is -3.46. The van der Waals surface area contributed by atoms with E-state index in [1.54, 1.807) is 18.2 Å². The van der Waals surface area contributed by atoms with E-state index in [9.17, 15) is 8.42 Å². The summed E-state index contributed by atoms with van der Waals surface area (Å²) in [6, 6.07) is 8.00. The van der Waals surface area contributed by atoms with Crippen molar-refractivity contribution < 1.29 is 8.42 Å². The lowest BCUT2D eigenvalue weighted by molar-refractivity contribution is 0.598. The van der Waals surface area contributed by atoms with Gasteiger partial charge in [-0.15, -0.1) is 4.15 Å². The normalized spacial score (nSPS) is 10.9. The Morgan fingerprint density at radius 3 is 2.18 bits per heavy atom. The molecule has 5 heteroatoms. The Kier molecular flexibility index (Phi) is 2.37. The molecule has 0 saturated heterocycles. The number of hydrogen-bond acceptors (Lipinski definition) is 2. The molecule has 0 aliphatic carbocycles. The molecular formula is C6H6NO2PS. The van der Waals surface area contributed by atoms with E-state index in [4.69, 9.17) is 0 Å². The van der Waals surface area contributed by atoms with E-state index >= 15 is 0 Å². The van der Waals surface area contributed by atoms with Crippen LogP contribution in [0.1, 0.15) is 0 Å². The SMILES string of the molecule is O=S(=O)(N=P)c1ccccc1. The summed E-state index contributed by atoms with van der Waals surface area (Å²) >= 11 is 0. The van der Waals surface area contributed by atoms with E-state index in [1.165, 1.54) is 12.1 Å². The second kappa shape index (κ2) is 3.11. The third-order valence-electron chi connectivity index (χ3n) is 1.16. The molecule has 0 saturated carbocycles. The first-order valence-electron chi connectivity index (χ1n) is 2.85. The zero-order chi connectivity index (χ0) is 8.32. The molecule has 0 unspecified atom stereocenters. The highest BCUT2D eigenvalue weighted by Gasteiger charge is 2.08. The molecule has 11 heavy (non-hydrogen) atoms. The van der Waals surface area contributed by atoms with Crippen molar-refractivity contribution in [3.8, 4) is 0 Å². The molecule has 3 nitrogen and oxygen atoms in total. The van der Waals surface area contributed by atoms with E-state index < -0.39 is 10.0 Å². The van der Waals surface area contributed by atoms with Gasteiger partial charge in [-0.2, -0.15) is 8.42 Å². The summed E-state index contributed by atoms with van der Waals surface area (Å²) in [4.78, 5) is 0.190. The van der Waals surface area contributed by atoms with Gasteiger partial charge < -0.3 is 0 Å². The second-order valence-corrected chi connectivity index (χ2v) is 4.03. The van der Waals surface area contributed by atoms with Gasteiger partial charge in [-0.3, -0.25) is 0 Å². The second-order valence-electron chi connectivity index (χ2n) is 1.88. The first kappa shape index (κ1) is 8.37. The summed E-state index contributed by atoms with van der Waals surface area (Å²) in [5.41, 5.74) is 0. The van der Waals surface area contributed by atoms with Crippen molar-refractivity contribution >= 4 is 19.1 Å². The molecule has 0 aliphatic heterocycles. The fraction of sp³-hybridized carbons (Fsp3) is 0. The smallest absolute Gasteiger partial charge is 0.199 e. The van der Waals surface area contributed by atoms with Crippen LogP contribution in [0.4, 0.5) is 0 Å². The lowest BCUT2D eigenvalue weighted by Crippen LogP contribution is -1.92. The van der Waals surface area contributed by atoms with Crippen LogP contribution < -0.4 is 0 Å². The van der Waals surface area contributed by atoms with Gasteiger partial charge in [0.05, 0.1) is 4.90 Å². The summed E-state index contributed by atoms with van der Waals surface area (Å²) < 4.78 is 25.0. The van der Waals surface area contributed by atoms with Gasteiger partial charge in [0.2, 0.25) is 0 Å². The van der Waals surface area contributed by atoms with Crippen molar-refractivity contribution in [2.45, 2.75) is 4.90 Å². The van der Waals surface area contributed by atoms with Gasteiger partial charge in [0.1, 0.15) is 0 Å². The molecule has 0 bridgehead atoms. The summed E-state index contributed by atoms with van der Waals surface area (Å²) in [6.07, 6.45) is 0. The van der Waals surface area contributed by atoms with Gasteiger partial charge in [-0.25, -0.2) is 0 Å². The number of benzene rings is 1. The highest BCUT2D eigenvalue weighted by atomic mass is 32.2. The summed E-state index contributed by atoms with van der Waals surface area (Å²) in [6.45, 7) is 0. The lowest BCUT2D eigenvalue weighted by atomic mass is 10.4. The number of rotatable bonds is 2. The van der Waals surface area contributed by atoms with E-state index in [0.717, 1.165) is 0 Å². The maximum atomic E-state index is 11.0. The molecule has 1 rings (SSSR count). The molecule has 0 aromatic heterocycles. The monoisotopic (exact) mass is 187 g/mol. The van der Waals surface area contributed by atoms with Gasteiger partial charge >= 0.3 is 0 Å². The quantitative estimate of drug-likeness (QED) is 0.661. The number of nitrogens with zero attached hydrogens (tertiary/aromatic N) is 1. The predicted octanol–water partition coefficient (Wildman–Crippen LogP) is 1.70. The van der Waals surface area contributed by atoms with Gasteiger partial charge in [-0.05, 0) is 12.1 Å². The minimum Gasteiger partial charge on any atom is -0.199 e. The Hall–Kier alpha value is -0.730.